The van der Waals surface area contributed by atoms with Crippen molar-refractivity contribution in [3.05, 3.63) is 46.2 Å². The minimum absolute atomic E-state index is 0.0305. The molecule has 28 heavy (non-hydrogen) atoms. The van der Waals surface area contributed by atoms with Crippen molar-refractivity contribution in [2.75, 3.05) is 4.90 Å². The van der Waals surface area contributed by atoms with E-state index in [0.29, 0.717) is 16.9 Å². The largest absolute Gasteiger partial charge is 0.306 e. The van der Waals surface area contributed by atoms with E-state index in [-0.39, 0.29) is 5.91 Å². The molecule has 4 rings (SSSR count). The molecule has 6 nitrogen and oxygen atoms in total. The Morgan fingerprint density at radius 2 is 2.00 bits per heavy atom. The van der Waals surface area contributed by atoms with Crippen LogP contribution in [0.15, 0.2) is 29.0 Å². The van der Waals surface area contributed by atoms with E-state index in [1.807, 2.05) is 25.6 Å². The Labute approximate surface area is 173 Å². The Morgan fingerprint density at radius 1 is 1.29 bits per heavy atom. The summed E-state index contributed by atoms with van der Waals surface area (Å²) in [6.45, 7) is 7.74. The molecule has 0 aliphatic heterocycles. The van der Waals surface area contributed by atoms with Gasteiger partial charge in [0, 0.05) is 24.1 Å². The molecule has 0 N–H and O–H groups in total. The van der Waals surface area contributed by atoms with Crippen molar-refractivity contribution in [3.8, 4) is 0 Å². The van der Waals surface area contributed by atoms with Gasteiger partial charge in [0.2, 0.25) is 5.91 Å². The molecule has 0 bridgehead atoms. The van der Waals surface area contributed by atoms with Gasteiger partial charge < -0.3 is 4.57 Å². The van der Waals surface area contributed by atoms with Crippen LogP contribution in [0, 0.1) is 20.8 Å². The number of amides is 1. The zero-order valence-corrected chi connectivity index (χ0v) is 18.1. The maximum absolute atomic E-state index is 12.5. The third-order valence-corrected chi connectivity index (χ3v) is 6.60. The van der Waals surface area contributed by atoms with Crippen molar-refractivity contribution >= 4 is 39.8 Å². The van der Waals surface area contributed by atoms with Gasteiger partial charge in [-0.05, 0) is 44.7 Å². The van der Waals surface area contributed by atoms with E-state index in [2.05, 4.69) is 33.8 Å². The summed E-state index contributed by atoms with van der Waals surface area (Å²) < 4.78 is 2.15. The maximum atomic E-state index is 12.5. The average Bonchev–Trinajstić information content (AvgIpc) is 3.18. The molecule has 1 saturated carbocycles. The molecule has 1 aliphatic carbocycles. The molecular weight excluding hydrogens is 390 g/mol. The van der Waals surface area contributed by atoms with Crippen LogP contribution in [0.5, 0.6) is 0 Å². The molecule has 0 spiro atoms. The molecular formula is C20H23N5OS2. The van der Waals surface area contributed by atoms with Gasteiger partial charge in [0.1, 0.15) is 6.33 Å². The van der Waals surface area contributed by atoms with E-state index in [0.717, 1.165) is 27.7 Å². The van der Waals surface area contributed by atoms with E-state index in [1.54, 1.807) is 23.6 Å². The van der Waals surface area contributed by atoms with Gasteiger partial charge in [-0.3, -0.25) is 9.69 Å². The molecule has 1 aromatic carbocycles. The second-order valence-electron chi connectivity index (χ2n) is 7.26. The zero-order chi connectivity index (χ0) is 19.8. The van der Waals surface area contributed by atoms with E-state index in [9.17, 15) is 4.79 Å². The lowest BCUT2D eigenvalue weighted by molar-refractivity contribution is -0.115. The van der Waals surface area contributed by atoms with Crippen molar-refractivity contribution in [2.24, 2.45) is 0 Å². The van der Waals surface area contributed by atoms with Crippen LogP contribution in [0.4, 0.5) is 10.8 Å². The van der Waals surface area contributed by atoms with Gasteiger partial charge in [-0.2, -0.15) is 0 Å². The fraction of sp³-hybridized carbons (Fsp3) is 0.400. The fourth-order valence-electron chi connectivity index (χ4n) is 3.46. The number of thiazole rings is 1. The van der Waals surface area contributed by atoms with Crippen LogP contribution >= 0.6 is 23.1 Å². The summed E-state index contributed by atoms with van der Waals surface area (Å²) >= 11 is 3.14. The number of carbonyl (C=O) groups is 1. The summed E-state index contributed by atoms with van der Waals surface area (Å²) in [6.07, 6.45) is 4.22. The minimum Gasteiger partial charge on any atom is -0.306 e. The number of anilines is 2. The number of nitrogens with zero attached hydrogens (tertiary/aromatic N) is 5. The van der Waals surface area contributed by atoms with Crippen molar-refractivity contribution in [2.45, 2.75) is 57.5 Å². The predicted octanol–water partition coefficient (Wildman–Crippen LogP) is 4.97. The van der Waals surface area contributed by atoms with Crippen LogP contribution in [-0.2, 0) is 10.5 Å². The number of hydrogen-bond donors (Lipinski definition) is 0. The molecule has 8 heteroatoms. The lowest BCUT2D eigenvalue weighted by Gasteiger charge is -2.23. The summed E-state index contributed by atoms with van der Waals surface area (Å²) in [5, 5.41) is 11.9. The molecule has 0 atom stereocenters. The second kappa shape index (κ2) is 7.67. The number of carbonyl (C=O) groups excluding carboxylic acids is 1. The first-order valence-corrected chi connectivity index (χ1v) is 11.2. The average molecular weight is 414 g/mol. The molecule has 1 aliphatic rings. The quantitative estimate of drug-likeness (QED) is 0.534. The van der Waals surface area contributed by atoms with E-state index in [1.165, 1.54) is 29.7 Å². The summed E-state index contributed by atoms with van der Waals surface area (Å²) in [6, 6.07) is 4.77. The van der Waals surface area contributed by atoms with Gasteiger partial charge in [-0.1, -0.05) is 29.5 Å². The van der Waals surface area contributed by atoms with E-state index < -0.39 is 0 Å². The molecule has 146 valence electrons. The SMILES string of the molecule is CC(=O)N(c1nc(CSc2nncn2C2CC2)cs1)c1c(C)cc(C)cc1C. The van der Waals surface area contributed by atoms with Gasteiger partial charge in [0.05, 0.1) is 11.4 Å². The third kappa shape index (κ3) is 3.84. The van der Waals surface area contributed by atoms with Gasteiger partial charge in [0.25, 0.3) is 0 Å². The van der Waals surface area contributed by atoms with Crippen LogP contribution in [0.3, 0.4) is 0 Å². The first-order chi connectivity index (χ1) is 13.4. The highest BCUT2D eigenvalue weighted by atomic mass is 32.2. The maximum Gasteiger partial charge on any atom is 0.230 e. The minimum atomic E-state index is -0.0305. The number of aromatic nitrogens is 4. The fourth-order valence-corrected chi connectivity index (χ4v) is 5.31. The van der Waals surface area contributed by atoms with Crippen LogP contribution < -0.4 is 4.90 Å². The van der Waals surface area contributed by atoms with Crippen molar-refractivity contribution in [1.29, 1.82) is 0 Å². The highest BCUT2D eigenvalue weighted by molar-refractivity contribution is 7.98. The van der Waals surface area contributed by atoms with Crippen LogP contribution in [-0.4, -0.2) is 25.7 Å². The van der Waals surface area contributed by atoms with Crippen molar-refractivity contribution in [1.82, 2.24) is 19.7 Å². The number of thioether (sulfide) groups is 1. The standard InChI is InChI=1S/C20H23N5OS2/c1-12-7-13(2)18(14(3)8-12)25(15(4)26)19-22-16(9-27-19)10-28-20-23-21-11-24(20)17-5-6-17/h7-9,11,17H,5-6,10H2,1-4H3. The Bertz CT molecular complexity index is 998. The Morgan fingerprint density at radius 3 is 2.64 bits per heavy atom. The summed E-state index contributed by atoms with van der Waals surface area (Å²) in [5.74, 6) is 0.677. The molecule has 2 heterocycles. The number of hydrogen-bond acceptors (Lipinski definition) is 6. The number of aryl methyl sites for hydroxylation is 3. The van der Waals surface area contributed by atoms with Crippen LogP contribution in [0.2, 0.25) is 0 Å². The first-order valence-electron chi connectivity index (χ1n) is 9.29. The Balaban J connectivity index is 1.56. The highest BCUT2D eigenvalue weighted by Gasteiger charge is 2.26. The normalized spacial score (nSPS) is 13.7. The highest BCUT2D eigenvalue weighted by Crippen LogP contribution is 2.38. The Hall–Kier alpha value is -2.19. The first kappa shape index (κ1) is 19.1. The lowest BCUT2D eigenvalue weighted by atomic mass is 10.0. The molecule has 3 aromatic rings. The van der Waals surface area contributed by atoms with Gasteiger partial charge in [-0.25, -0.2) is 4.98 Å². The predicted molar refractivity (Wildman–Crippen MR) is 113 cm³/mol. The van der Waals surface area contributed by atoms with Crippen molar-refractivity contribution in [3.63, 3.8) is 0 Å². The molecule has 1 fully saturated rings. The second-order valence-corrected chi connectivity index (χ2v) is 9.04. The number of rotatable bonds is 6. The van der Waals surface area contributed by atoms with Gasteiger partial charge >= 0.3 is 0 Å². The third-order valence-electron chi connectivity index (χ3n) is 4.73. The summed E-state index contributed by atoms with van der Waals surface area (Å²) in [4.78, 5) is 19.0. The van der Waals surface area contributed by atoms with Gasteiger partial charge in [-0.15, -0.1) is 21.5 Å². The van der Waals surface area contributed by atoms with Crippen LogP contribution in [0.25, 0.3) is 0 Å². The molecule has 2 aromatic heterocycles. The molecule has 0 saturated heterocycles. The topological polar surface area (TPSA) is 63.9 Å². The lowest BCUT2D eigenvalue weighted by Crippen LogP contribution is -2.24. The molecule has 0 unspecified atom stereocenters. The Kier molecular flexibility index (Phi) is 5.25. The number of benzene rings is 1. The molecule has 1 amide bonds. The van der Waals surface area contributed by atoms with Gasteiger partial charge in [0.15, 0.2) is 10.3 Å². The molecule has 0 radical (unpaired) electrons. The monoisotopic (exact) mass is 413 g/mol. The zero-order valence-electron chi connectivity index (χ0n) is 16.5. The van der Waals surface area contributed by atoms with E-state index >= 15 is 0 Å². The smallest absolute Gasteiger partial charge is 0.230 e. The summed E-state index contributed by atoms with van der Waals surface area (Å²) in [7, 11) is 0. The summed E-state index contributed by atoms with van der Waals surface area (Å²) in [5.41, 5.74) is 5.23. The van der Waals surface area contributed by atoms with Crippen LogP contribution in [0.1, 0.15) is 48.2 Å². The van der Waals surface area contributed by atoms with E-state index in [4.69, 9.17) is 4.98 Å². The van der Waals surface area contributed by atoms with Crippen molar-refractivity contribution < 1.29 is 4.79 Å².